The van der Waals surface area contributed by atoms with Gasteiger partial charge in [-0.3, -0.25) is 9.69 Å². The number of carbonyl (C=O) groups is 4. The van der Waals surface area contributed by atoms with Crippen molar-refractivity contribution < 1.29 is 47.3 Å². The van der Waals surface area contributed by atoms with Crippen LogP contribution in [-0.2, 0) is 19.1 Å². The summed E-state index contributed by atoms with van der Waals surface area (Å²) in [7, 11) is 0. The predicted octanol–water partition coefficient (Wildman–Crippen LogP) is -1.49. The lowest BCUT2D eigenvalue weighted by Crippen LogP contribution is -2.68. The second-order valence-electron chi connectivity index (χ2n) is 6.62. The number of carboxylic acids is 2. The predicted molar refractivity (Wildman–Crippen MR) is 86.5 cm³/mol. The normalized spacial score (nSPS) is 25.1. The monoisotopic (exact) mass is 449 g/mol. The first kappa shape index (κ1) is 21.9. The van der Waals surface area contributed by atoms with Crippen molar-refractivity contribution >= 4 is 23.9 Å². The van der Waals surface area contributed by atoms with Gasteiger partial charge in [-0.2, -0.15) is 18.4 Å². The number of β-lactam (4-membered cyclic amide) rings is 1. The van der Waals surface area contributed by atoms with Gasteiger partial charge in [-0.05, 0) is 12.3 Å². The molecule has 31 heavy (non-hydrogen) atoms. The van der Waals surface area contributed by atoms with Crippen LogP contribution in [0.2, 0.25) is 0 Å². The molecule has 1 unspecified atom stereocenters. The quantitative estimate of drug-likeness (QED) is 0.334. The third-order valence-corrected chi connectivity index (χ3v) is 4.85. The van der Waals surface area contributed by atoms with Crippen LogP contribution in [0.25, 0.3) is 0 Å². The number of alkyl halides is 3. The van der Waals surface area contributed by atoms with Gasteiger partial charge in [0.15, 0.2) is 6.10 Å². The van der Waals surface area contributed by atoms with Gasteiger partial charge in [-0.15, -0.1) is 10.2 Å². The number of rotatable bonds is 4. The van der Waals surface area contributed by atoms with Crippen molar-refractivity contribution in [2.24, 2.45) is 11.7 Å². The van der Waals surface area contributed by atoms with E-state index in [1.165, 1.54) is 4.90 Å². The van der Waals surface area contributed by atoms with Crippen LogP contribution in [-0.4, -0.2) is 84.5 Å². The fraction of sp³-hybridized carbons (Fsp3) is 0.500. The first-order valence-electron chi connectivity index (χ1n) is 8.45. The largest absolute Gasteiger partial charge is 0.490 e. The van der Waals surface area contributed by atoms with Crippen LogP contribution < -0.4 is 11.1 Å². The molecule has 2 saturated heterocycles. The highest BCUT2D eigenvalue weighted by Crippen LogP contribution is 2.46. The van der Waals surface area contributed by atoms with E-state index in [1.54, 1.807) is 0 Å². The number of ether oxygens (including phenoxy) is 1. The van der Waals surface area contributed by atoms with Gasteiger partial charge in [0, 0.05) is 12.1 Å². The molecular weight excluding hydrogens is 435 g/mol. The smallest absolute Gasteiger partial charge is 0.477 e. The number of primary amides is 1. The Morgan fingerprint density at radius 3 is 2.42 bits per heavy atom. The Balaban J connectivity index is 0.000000339. The Kier molecular flexibility index (Phi) is 5.53. The van der Waals surface area contributed by atoms with Crippen molar-refractivity contribution in [1.29, 1.82) is 0 Å². The highest BCUT2D eigenvalue weighted by Gasteiger charge is 2.60. The summed E-state index contributed by atoms with van der Waals surface area (Å²) in [5, 5.41) is 32.9. The standard InChI is InChI=1S/C12H13N7O5.C2HF3O2/c13-12(23)24-8(9-15-17-18-16-9)4-1-3-2-14-5-6(3)19(10(5)20)7(4)11(21)22;3-2(4,5)1(6)7/h3,5-6,8,14H,1-2H2,(H2,13,23)(H,21,22)(H,15,16,17,18);(H,6,7)/t3-,5+,6-,8?;/m1./s1. The Morgan fingerprint density at radius 2 is 1.94 bits per heavy atom. The number of nitrogens with zero attached hydrogens (tertiary/aromatic N) is 4. The Hall–Kier alpha value is -3.76. The minimum atomic E-state index is -5.08. The van der Waals surface area contributed by atoms with Gasteiger partial charge in [0.2, 0.25) is 11.7 Å². The number of aromatic nitrogens is 4. The number of aromatic amines is 1. The summed E-state index contributed by atoms with van der Waals surface area (Å²) in [6.45, 7) is 0.559. The van der Waals surface area contributed by atoms with Gasteiger partial charge in [-0.25, -0.2) is 14.4 Å². The molecule has 3 aliphatic rings. The first-order valence-corrected chi connectivity index (χ1v) is 8.45. The molecule has 0 radical (unpaired) electrons. The van der Waals surface area contributed by atoms with Crippen LogP contribution >= 0.6 is 0 Å². The Bertz CT molecular complexity index is 949. The van der Waals surface area contributed by atoms with Gasteiger partial charge >= 0.3 is 24.2 Å². The number of nitrogens with one attached hydrogen (secondary N) is 2. The van der Waals surface area contributed by atoms with E-state index in [1.807, 2.05) is 0 Å². The molecule has 14 nitrogen and oxygen atoms in total. The molecule has 0 spiro atoms. The maximum Gasteiger partial charge on any atom is 0.490 e. The maximum absolute atomic E-state index is 12.2. The van der Waals surface area contributed by atoms with E-state index in [9.17, 15) is 32.7 Å². The summed E-state index contributed by atoms with van der Waals surface area (Å²) >= 11 is 0. The fourth-order valence-corrected chi connectivity index (χ4v) is 3.73. The van der Waals surface area contributed by atoms with Crippen LogP contribution in [0.4, 0.5) is 18.0 Å². The summed E-state index contributed by atoms with van der Waals surface area (Å²) in [5.74, 6) is -4.38. The molecule has 1 aromatic rings. The average Bonchev–Trinajstić information content (AvgIpc) is 3.32. The summed E-state index contributed by atoms with van der Waals surface area (Å²) in [5.41, 5.74) is 5.11. The molecule has 2 amide bonds. The van der Waals surface area contributed by atoms with E-state index in [4.69, 9.17) is 20.4 Å². The number of H-pyrrole nitrogens is 1. The van der Waals surface area contributed by atoms with Crippen LogP contribution in [0, 0.1) is 5.92 Å². The van der Waals surface area contributed by atoms with E-state index < -0.39 is 30.3 Å². The zero-order valence-corrected chi connectivity index (χ0v) is 15.2. The molecule has 6 N–H and O–H groups in total. The van der Waals surface area contributed by atoms with E-state index in [2.05, 4.69) is 25.9 Å². The molecule has 0 bridgehead atoms. The molecule has 168 valence electrons. The minimum absolute atomic E-state index is 0.0108. The van der Waals surface area contributed by atoms with Crippen LogP contribution in [0.5, 0.6) is 0 Å². The number of aliphatic carboxylic acids is 2. The lowest BCUT2D eigenvalue weighted by molar-refractivity contribution is -0.192. The molecule has 4 heterocycles. The maximum atomic E-state index is 12.2. The number of carboxylic acid groups (broad SMARTS) is 2. The fourth-order valence-electron chi connectivity index (χ4n) is 3.73. The minimum Gasteiger partial charge on any atom is -0.477 e. The summed E-state index contributed by atoms with van der Waals surface area (Å²) in [4.78, 5) is 45.4. The SMILES string of the molecule is NC(=O)OC(C1=C(C(=O)O)N2C(=O)[C@H]3NC[C@@H](C1)[C@H]32)c1nn[nH]n1.O=C(O)C(F)(F)F. The Labute approximate surface area is 169 Å². The number of carbonyl (C=O) groups excluding carboxylic acids is 2. The number of nitrogens with two attached hydrogens (primary N) is 1. The van der Waals surface area contributed by atoms with Crippen LogP contribution in [0.1, 0.15) is 18.3 Å². The van der Waals surface area contributed by atoms with E-state index >= 15 is 0 Å². The topological polar surface area (TPSA) is 214 Å². The number of hydrogen-bond acceptors (Lipinski definition) is 9. The van der Waals surface area contributed by atoms with Gasteiger partial charge in [0.1, 0.15) is 11.7 Å². The number of amides is 2. The van der Waals surface area contributed by atoms with Crippen molar-refractivity contribution in [1.82, 2.24) is 30.8 Å². The number of hydrogen-bond donors (Lipinski definition) is 5. The van der Waals surface area contributed by atoms with Crippen molar-refractivity contribution in [3.63, 3.8) is 0 Å². The zero-order chi connectivity index (χ0) is 23.1. The third kappa shape index (κ3) is 3.98. The first-order chi connectivity index (χ1) is 14.4. The molecule has 17 heteroatoms. The van der Waals surface area contributed by atoms with Crippen LogP contribution in [0.3, 0.4) is 0 Å². The van der Waals surface area contributed by atoms with Crippen molar-refractivity contribution in [3.8, 4) is 0 Å². The molecule has 0 saturated carbocycles. The summed E-state index contributed by atoms with van der Waals surface area (Å²) in [6, 6.07) is -0.557. The highest BCUT2D eigenvalue weighted by atomic mass is 19.4. The molecular formula is C14H14F3N7O7. The molecule has 4 atom stereocenters. The highest BCUT2D eigenvalue weighted by molar-refractivity contribution is 6.00. The second kappa shape index (κ2) is 7.82. The third-order valence-electron chi connectivity index (χ3n) is 4.85. The lowest BCUT2D eigenvalue weighted by atomic mass is 9.78. The summed E-state index contributed by atoms with van der Waals surface area (Å²) in [6.07, 6.45) is -7.10. The Morgan fingerprint density at radius 1 is 1.29 bits per heavy atom. The number of tetrazole rings is 1. The molecule has 1 aromatic heterocycles. The van der Waals surface area contributed by atoms with E-state index in [0.29, 0.717) is 13.0 Å². The molecule has 2 fully saturated rings. The van der Waals surface area contributed by atoms with Gasteiger partial charge in [0.05, 0.1) is 6.04 Å². The van der Waals surface area contributed by atoms with Crippen molar-refractivity contribution in [3.05, 3.63) is 17.1 Å². The molecule has 4 rings (SSSR count). The molecule has 0 aromatic carbocycles. The lowest BCUT2D eigenvalue weighted by Gasteiger charge is -2.49. The second-order valence-corrected chi connectivity index (χ2v) is 6.62. The van der Waals surface area contributed by atoms with Crippen molar-refractivity contribution in [2.45, 2.75) is 30.8 Å². The van der Waals surface area contributed by atoms with Gasteiger partial charge < -0.3 is 26.0 Å². The molecule has 3 aliphatic heterocycles. The summed E-state index contributed by atoms with van der Waals surface area (Å²) < 4.78 is 36.8. The molecule has 0 aliphatic carbocycles. The van der Waals surface area contributed by atoms with E-state index in [-0.39, 0.29) is 41.0 Å². The van der Waals surface area contributed by atoms with Gasteiger partial charge in [-0.1, -0.05) is 5.21 Å². The van der Waals surface area contributed by atoms with Gasteiger partial charge in [0.25, 0.3) is 0 Å². The average molecular weight is 449 g/mol. The van der Waals surface area contributed by atoms with E-state index in [0.717, 1.165) is 0 Å². The van der Waals surface area contributed by atoms with Crippen LogP contribution in [0.15, 0.2) is 11.3 Å². The number of halogens is 3. The zero-order valence-electron chi connectivity index (χ0n) is 15.2. The van der Waals surface area contributed by atoms with Crippen molar-refractivity contribution in [2.75, 3.05) is 6.54 Å².